The van der Waals surface area contributed by atoms with Crippen molar-refractivity contribution in [1.29, 1.82) is 0 Å². The molecule has 0 spiro atoms. The minimum atomic E-state index is 0.710. The van der Waals surface area contributed by atoms with E-state index in [2.05, 4.69) is 36.0 Å². The molecule has 3 heteroatoms. The third-order valence-electron chi connectivity index (χ3n) is 6.71. The molecule has 0 saturated carbocycles. The van der Waals surface area contributed by atoms with Gasteiger partial charge in [-0.25, -0.2) is 0 Å². The molecule has 0 aromatic carbocycles. The molecule has 3 nitrogen and oxygen atoms in total. The highest BCUT2D eigenvalue weighted by atomic mass is 15.2. The van der Waals surface area contributed by atoms with Gasteiger partial charge in [-0.15, -0.1) is 0 Å². The Bertz CT molecular complexity index is 310. The maximum atomic E-state index is 3.90. The van der Waals surface area contributed by atoms with Crippen LogP contribution in [0, 0.1) is 11.8 Å². The molecule has 0 aliphatic carbocycles. The molecular formula is C18H35N3. The van der Waals surface area contributed by atoms with Crippen molar-refractivity contribution in [2.45, 2.75) is 70.5 Å². The Morgan fingerprint density at radius 1 is 1.05 bits per heavy atom. The molecule has 3 saturated heterocycles. The zero-order valence-corrected chi connectivity index (χ0v) is 14.4. The van der Waals surface area contributed by atoms with Gasteiger partial charge in [0.15, 0.2) is 0 Å². The summed E-state index contributed by atoms with van der Waals surface area (Å²) in [4.78, 5) is 5.25. The average Bonchev–Trinajstić information content (AvgIpc) is 2.75. The third kappa shape index (κ3) is 3.62. The molecule has 3 aliphatic rings. The zero-order valence-electron chi connectivity index (χ0n) is 14.4. The van der Waals surface area contributed by atoms with Gasteiger partial charge in [0.05, 0.1) is 0 Å². The van der Waals surface area contributed by atoms with Crippen molar-refractivity contribution in [2.24, 2.45) is 11.8 Å². The fourth-order valence-electron chi connectivity index (χ4n) is 4.98. The molecule has 0 aromatic rings. The topological polar surface area (TPSA) is 18.5 Å². The van der Waals surface area contributed by atoms with Crippen LogP contribution in [0.1, 0.15) is 52.4 Å². The summed E-state index contributed by atoms with van der Waals surface area (Å²) in [6, 6.07) is 2.48. The predicted molar refractivity (Wildman–Crippen MR) is 89.6 cm³/mol. The fourth-order valence-corrected chi connectivity index (χ4v) is 4.98. The monoisotopic (exact) mass is 293 g/mol. The summed E-state index contributed by atoms with van der Waals surface area (Å²) in [7, 11) is 2.34. The van der Waals surface area contributed by atoms with Gasteiger partial charge in [0, 0.05) is 18.1 Å². The molecule has 21 heavy (non-hydrogen) atoms. The van der Waals surface area contributed by atoms with E-state index in [0.29, 0.717) is 6.04 Å². The summed E-state index contributed by atoms with van der Waals surface area (Å²) in [5, 5.41) is 3.90. The van der Waals surface area contributed by atoms with Crippen LogP contribution in [0.5, 0.6) is 0 Å². The Hall–Kier alpha value is -0.120. The number of rotatable bonds is 5. The first kappa shape index (κ1) is 15.8. The van der Waals surface area contributed by atoms with E-state index in [0.717, 1.165) is 23.9 Å². The maximum Gasteiger partial charge on any atom is 0.00988 e. The predicted octanol–water partition coefficient (Wildman–Crippen LogP) is 2.57. The molecular weight excluding hydrogens is 258 g/mol. The van der Waals surface area contributed by atoms with E-state index >= 15 is 0 Å². The molecule has 3 heterocycles. The van der Waals surface area contributed by atoms with Crippen molar-refractivity contribution in [2.75, 3.05) is 33.2 Å². The van der Waals surface area contributed by atoms with Crippen molar-refractivity contribution >= 4 is 0 Å². The van der Waals surface area contributed by atoms with Gasteiger partial charge in [0.25, 0.3) is 0 Å². The van der Waals surface area contributed by atoms with Gasteiger partial charge in [0.2, 0.25) is 0 Å². The molecule has 1 N–H and O–H groups in total. The summed E-state index contributed by atoms with van der Waals surface area (Å²) < 4.78 is 0. The second-order valence-electron chi connectivity index (χ2n) is 7.86. The van der Waals surface area contributed by atoms with Gasteiger partial charge < -0.3 is 15.1 Å². The van der Waals surface area contributed by atoms with Crippen LogP contribution in [0.4, 0.5) is 0 Å². The van der Waals surface area contributed by atoms with Crippen molar-refractivity contribution in [1.82, 2.24) is 15.1 Å². The van der Waals surface area contributed by atoms with E-state index in [1.807, 2.05) is 0 Å². The number of likely N-dealkylation sites (tertiary alicyclic amines) is 1. The quantitative estimate of drug-likeness (QED) is 0.840. The number of hydrogen-bond donors (Lipinski definition) is 1. The highest BCUT2D eigenvalue weighted by molar-refractivity contribution is 4.94. The molecule has 3 atom stereocenters. The van der Waals surface area contributed by atoms with Crippen LogP contribution in [-0.2, 0) is 0 Å². The summed E-state index contributed by atoms with van der Waals surface area (Å²) in [5.41, 5.74) is 0. The van der Waals surface area contributed by atoms with E-state index in [9.17, 15) is 0 Å². The second-order valence-corrected chi connectivity index (χ2v) is 7.86. The summed E-state index contributed by atoms with van der Waals surface area (Å²) in [6.07, 6.45) is 8.54. The third-order valence-corrected chi connectivity index (χ3v) is 6.71. The van der Waals surface area contributed by atoms with E-state index in [4.69, 9.17) is 0 Å². The minimum Gasteiger partial charge on any atom is -0.314 e. The lowest BCUT2D eigenvalue weighted by Crippen LogP contribution is -2.46. The van der Waals surface area contributed by atoms with Gasteiger partial charge in [-0.2, -0.15) is 0 Å². The maximum absolute atomic E-state index is 3.90. The van der Waals surface area contributed by atoms with Crippen molar-refractivity contribution in [3.05, 3.63) is 0 Å². The fraction of sp³-hybridized carbons (Fsp3) is 1.00. The van der Waals surface area contributed by atoms with Crippen molar-refractivity contribution in [3.63, 3.8) is 0 Å². The molecule has 0 aromatic heterocycles. The molecule has 0 amide bonds. The van der Waals surface area contributed by atoms with Crippen LogP contribution in [0.25, 0.3) is 0 Å². The lowest BCUT2D eigenvalue weighted by molar-refractivity contribution is 0.124. The smallest absolute Gasteiger partial charge is 0.00988 e. The van der Waals surface area contributed by atoms with E-state index in [1.165, 1.54) is 64.7 Å². The van der Waals surface area contributed by atoms with Crippen LogP contribution >= 0.6 is 0 Å². The van der Waals surface area contributed by atoms with Crippen LogP contribution < -0.4 is 5.32 Å². The Balaban J connectivity index is 1.39. The summed E-state index contributed by atoms with van der Waals surface area (Å²) in [6.45, 7) is 9.83. The van der Waals surface area contributed by atoms with E-state index in [-0.39, 0.29) is 0 Å². The average molecular weight is 293 g/mol. The summed E-state index contributed by atoms with van der Waals surface area (Å²) in [5.74, 6) is 1.83. The molecule has 3 fully saturated rings. The Morgan fingerprint density at radius 2 is 1.67 bits per heavy atom. The van der Waals surface area contributed by atoms with Gasteiger partial charge in [-0.05, 0) is 90.5 Å². The second kappa shape index (κ2) is 6.97. The number of fused-ring (bicyclic) bond motifs is 2. The number of piperidine rings is 2. The normalized spacial score (nSPS) is 37.0. The van der Waals surface area contributed by atoms with Crippen LogP contribution in [0.15, 0.2) is 0 Å². The molecule has 0 radical (unpaired) electrons. The van der Waals surface area contributed by atoms with Crippen LogP contribution in [0.3, 0.4) is 0 Å². The Morgan fingerprint density at radius 3 is 2.24 bits per heavy atom. The molecule has 122 valence electrons. The van der Waals surface area contributed by atoms with Crippen LogP contribution in [0.2, 0.25) is 0 Å². The van der Waals surface area contributed by atoms with Gasteiger partial charge in [-0.3, -0.25) is 0 Å². The number of nitrogens with zero attached hydrogens (tertiary/aromatic N) is 2. The minimum absolute atomic E-state index is 0.710. The molecule has 3 rings (SSSR count). The van der Waals surface area contributed by atoms with Gasteiger partial charge in [-0.1, -0.05) is 6.92 Å². The van der Waals surface area contributed by atoms with E-state index in [1.54, 1.807) is 0 Å². The Kier molecular flexibility index (Phi) is 5.23. The summed E-state index contributed by atoms with van der Waals surface area (Å²) >= 11 is 0. The largest absolute Gasteiger partial charge is 0.314 e. The van der Waals surface area contributed by atoms with Gasteiger partial charge in [0.1, 0.15) is 0 Å². The highest BCUT2D eigenvalue weighted by Gasteiger charge is 2.38. The van der Waals surface area contributed by atoms with Crippen molar-refractivity contribution in [3.8, 4) is 0 Å². The van der Waals surface area contributed by atoms with Gasteiger partial charge >= 0.3 is 0 Å². The SMILES string of the molecule is CCN1CCC(C(C)NCC2CC3CCC(C2)N3C)CC1. The Labute approximate surface area is 131 Å². The highest BCUT2D eigenvalue weighted by Crippen LogP contribution is 2.37. The number of hydrogen-bond acceptors (Lipinski definition) is 3. The molecule has 3 unspecified atom stereocenters. The molecule has 3 aliphatic heterocycles. The number of nitrogens with one attached hydrogen (secondary N) is 1. The standard InChI is InChI=1S/C18H35N3/c1-4-21-9-7-16(8-10-21)14(2)19-13-15-11-17-5-6-18(12-15)20(17)3/h14-19H,4-13H2,1-3H3. The van der Waals surface area contributed by atoms with E-state index < -0.39 is 0 Å². The van der Waals surface area contributed by atoms with Crippen LogP contribution in [-0.4, -0.2) is 61.2 Å². The molecule has 2 bridgehead atoms. The lowest BCUT2D eigenvalue weighted by Gasteiger charge is -2.38. The first-order valence-electron chi connectivity index (χ1n) is 9.35. The first-order valence-corrected chi connectivity index (χ1v) is 9.35. The van der Waals surface area contributed by atoms with Crippen molar-refractivity contribution < 1.29 is 0 Å². The first-order chi connectivity index (χ1) is 10.2. The zero-order chi connectivity index (χ0) is 14.8. The lowest BCUT2D eigenvalue weighted by atomic mass is 9.88.